The van der Waals surface area contributed by atoms with Crippen molar-refractivity contribution in [2.75, 3.05) is 0 Å². The minimum absolute atomic E-state index is 0.710. The zero-order valence-corrected chi connectivity index (χ0v) is 69.8. The number of nitrogens with zero attached hydrogens (tertiary/aromatic N) is 6. The predicted octanol–water partition coefficient (Wildman–Crippen LogP) is 32.9. The second-order valence-corrected chi connectivity index (χ2v) is 36.7. The maximum absolute atomic E-state index is 5.36. The normalized spacial score (nSPS) is 11.9. The second kappa shape index (κ2) is 29.1. The Balaban J connectivity index is 0.000000136. The number of para-hydroxylation sites is 2. The number of fused-ring (bicyclic) bond motifs is 23. The molecule has 0 radical (unpaired) electrons. The van der Waals surface area contributed by atoms with Gasteiger partial charge in [-0.3, -0.25) is 0 Å². The second-order valence-electron chi connectivity index (χ2n) is 31.4. The Bertz CT molecular complexity index is 8680. The van der Waals surface area contributed by atoms with Gasteiger partial charge in [0.2, 0.25) is 0 Å². The lowest BCUT2D eigenvalue weighted by Gasteiger charge is -2.15. The fraction of sp³-hybridized carbons (Fsp3) is 0. The van der Waals surface area contributed by atoms with E-state index in [9.17, 15) is 0 Å². The van der Waals surface area contributed by atoms with E-state index in [0.717, 1.165) is 112 Å². The Morgan fingerprint density at radius 3 is 0.837 bits per heavy atom. The summed E-state index contributed by atoms with van der Waals surface area (Å²) in [7, 11) is 0. The number of thiophene rings is 5. The summed E-state index contributed by atoms with van der Waals surface area (Å²) in [5.41, 5.74) is 20.7. The van der Waals surface area contributed by atoms with Crippen LogP contribution in [0.1, 0.15) is 0 Å². The lowest BCUT2D eigenvalue weighted by atomic mass is 9.92. The van der Waals surface area contributed by atoms with Gasteiger partial charge in [-0.05, 0) is 120 Å². The summed E-state index contributed by atoms with van der Waals surface area (Å²) in [4.78, 5) is 31.7. The van der Waals surface area contributed by atoms with E-state index in [4.69, 9.17) is 29.9 Å². The van der Waals surface area contributed by atoms with E-state index in [-0.39, 0.29) is 0 Å². The largest absolute Gasteiger partial charge is 0.247 e. The Hall–Kier alpha value is -14.7. The molecule has 572 valence electrons. The Labute approximate surface area is 725 Å². The van der Waals surface area contributed by atoms with Crippen molar-refractivity contribution < 1.29 is 0 Å². The van der Waals surface area contributed by atoms with Crippen LogP contribution < -0.4 is 0 Å². The molecule has 0 aliphatic rings. The van der Waals surface area contributed by atoms with E-state index < -0.39 is 0 Å². The molecule has 0 aliphatic heterocycles. The molecule has 0 saturated carbocycles. The molecule has 9 heterocycles. The molecule has 0 aliphatic carbocycles. The highest BCUT2D eigenvalue weighted by atomic mass is 32.1. The molecule has 123 heavy (non-hydrogen) atoms. The van der Waals surface area contributed by atoms with Crippen LogP contribution in [-0.4, -0.2) is 29.9 Å². The molecule has 0 N–H and O–H groups in total. The Kier molecular flexibility index (Phi) is 16.8. The van der Waals surface area contributed by atoms with Crippen LogP contribution in [0.15, 0.2) is 388 Å². The maximum Gasteiger partial charge on any atom is 0.160 e. The van der Waals surface area contributed by atoms with Crippen molar-refractivity contribution in [3.8, 4) is 113 Å². The van der Waals surface area contributed by atoms with Gasteiger partial charge in [-0.15, -0.1) is 56.7 Å². The monoisotopic (exact) mass is 1650 g/mol. The minimum atomic E-state index is 0.710. The summed E-state index contributed by atoms with van der Waals surface area (Å²) in [6.07, 6.45) is 0. The number of aromatic nitrogens is 6. The summed E-state index contributed by atoms with van der Waals surface area (Å²) in [6, 6.07) is 139. The Morgan fingerprint density at radius 1 is 0.154 bits per heavy atom. The van der Waals surface area contributed by atoms with Crippen LogP contribution in [0, 0.1) is 0 Å². The van der Waals surface area contributed by atoms with Crippen molar-refractivity contribution in [3.63, 3.8) is 0 Å². The van der Waals surface area contributed by atoms with Gasteiger partial charge in [0.25, 0.3) is 0 Å². The van der Waals surface area contributed by atoms with Crippen LogP contribution in [-0.2, 0) is 0 Å². The number of hydrogen-bond acceptors (Lipinski definition) is 11. The summed E-state index contributed by atoms with van der Waals surface area (Å²) in [5.74, 6) is 1.42. The molecule has 26 aromatic rings. The summed E-state index contributed by atoms with van der Waals surface area (Å²) < 4.78 is 12.8. The molecule has 17 aromatic carbocycles. The van der Waals surface area contributed by atoms with Crippen molar-refractivity contribution in [2.45, 2.75) is 0 Å². The molecular weight excluding hydrogens is 1590 g/mol. The van der Waals surface area contributed by atoms with E-state index in [1.807, 2.05) is 74.9 Å². The predicted molar refractivity (Wildman–Crippen MR) is 528 cm³/mol. The molecule has 11 heteroatoms. The maximum atomic E-state index is 5.36. The highest BCUT2D eigenvalue weighted by Crippen LogP contribution is 2.52. The van der Waals surface area contributed by atoms with E-state index in [0.29, 0.717) is 11.6 Å². The molecule has 0 amide bonds. The van der Waals surface area contributed by atoms with E-state index in [2.05, 4.69) is 370 Å². The van der Waals surface area contributed by atoms with Gasteiger partial charge >= 0.3 is 0 Å². The van der Waals surface area contributed by atoms with Crippen molar-refractivity contribution in [1.82, 2.24) is 29.9 Å². The van der Waals surface area contributed by atoms with Crippen LogP contribution >= 0.6 is 56.7 Å². The molecule has 0 bridgehead atoms. The molecule has 9 aromatic heterocycles. The standard InChI is InChI=1S/C59H33N3S3.C53H31N3S2/c1-2-12-36(13-3-1)57-46-32-43(58-56(42-17-7-11-21-52(42)65-58)55(46)41-16-4-8-18-47(41)60-57)34-22-24-35(25-23-34)48-33-49(37-26-28-53-44(30-37)39-14-5-9-19-50(39)63-53)62-59(61-48)38-27-29-54-45(31-38)40-15-6-10-20-51(40)64-54;1-3-13-34(14-4-1)51-42-30-40(52-50(39-19-9-12-22-47(39)58-52)49(42)38-18-7-10-20-43(38)54-51)32-23-25-33(26-24-32)44-31-45(56-53(55-44)35-15-5-2-6-16-35)36-27-28-48-41(29-36)37-17-8-11-21-46(37)57-48/h1-33H;1-31H. The first-order valence-corrected chi connectivity index (χ1v) is 45.2. The minimum Gasteiger partial charge on any atom is -0.247 e. The first-order valence-electron chi connectivity index (χ1n) is 41.2. The molecule has 0 unspecified atom stereocenters. The van der Waals surface area contributed by atoms with Gasteiger partial charge in [0.05, 0.1) is 45.2 Å². The molecule has 0 saturated heterocycles. The average molecular weight is 1650 g/mol. The number of hydrogen-bond donors (Lipinski definition) is 0. The first kappa shape index (κ1) is 71.3. The third-order valence-corrected chi connectivity index (χ3v) is 30.0. The van der Waals surface area contributed by atoms with Gasteiger partial charge < -0.3 is 0 Å². The molecule has 0 atom stereocenters. The molecule has 6 nitrogen and oxygen atoms in total. The number of benzene rings is 17. The third kappa shape index (κ3) is 12.1. The van der Waals surface area contributed by atoms with Crippen LogP contribution in [0.5, 0.6) is 0 Å². The fourth-order valence-electron chi connectivity index (χ4n) is 18.3. The number of pyridine rings is 2. The lowest BCUT2D eigenvalue weighted by Crippen LogP contribution is -1.96. The Morgan fingerprint density at radius 2 is 0.439 bits per heavy atom. The molecular formula is C112H64N6S5. The number of rotatable bonds is 10. The summed E-state index contributed by atoms with van der Waals surface area (Å²) in [5, 5.41) is 19.8. The van der Waals surface area contributed by atoms with E-state index in [1.54, 1.807) is 0 Å². The van der Waals surface area contributed by atoms with Crippen molar-refractivity contribution in [3.05, 3.63) is 388 Å². The van der Waals surface area contributed by atoms with Gasteiger partial charge in [0.15, 0.2) is 11.6 Å². The van der Waals surface area contributed by atoms with E-state index >= 15 is 0 Å². The smallest absolute Gasteiger partial charge is 0.160 e. The summed E-state index contributed by atoms with van der Waals surface area (Å²) >= 11 is 9.24. The molecule has 0 spiro atoms. The van der Waals surface area contributed by atoms with Gasteiger partial charge in [-0.25, -0.2) is 29.9 Å². The van der Waals surface area contributed by atoms with Gasteiger partial charge in [-0.2, -0.15) is 0 Å². The fourth-order valence-corrected chi connectivity index (χ4v) is 24.1. The highest BCUT2D eigenvalue weighted by molar-refractivity contribution is 7.28. The summed E-state index contributed by atoms with van der Waals surface area (Å²) in [6.45, 7) is 0. The SMILES string of the molecule is c1ccc(-c2nc(-c3ccc(-c4cc5c(-c6ccccc6)nc6ccccc6c5c5c4sc4ccccc45)cc3)cc(-c3ccc4sc5ccccc5c4c3)n2)cc1.c1ccc(-c2nc3ccccc3c3c2cc(-c2ccc(-c4cc(-c5ccc6sc7ccccc7c6c5)nc(-c5ccc6sc7ccccc7c6c5)n4)cc2)c2sc4ccccc4c23)cc1. The van der Waals surface area contributed by atoms with Crippen LogP contribution in [0.4, 0.5) is 0 Å². The topological polar surface area (TPSA) is 77.3 Å². The van der Waals surface area contributed by atoms with Crippen LogP contribution in [0.3, 0.4) is 0 Å². The lowest BCUT2D eigenvalue weighted by molar-refractivity contribution is 1.18. The van der Waals surface area contributed by atoms with Crippen molar-refractivity contribution in [2.24, 2.45) is 0 Å². The van der Waals surface area contributed by atoms with Crippen molar-refractivity contribution >= 4 is 201 Å². The third-order valence-electron chi connectivity index (χ3n) is 24.2. The average Bonchev–Trinajstić information content (AvgIpc) is 1.70. The quantitative estimate of drug-likeness (QED) is 0.127. The van der Waals surface area contributed by atoms with Crippen LogP contribution in [0.25, 0.3) is 257 Å². The molecule has 0 fully saturated rings. The highest BCUT2D eigenvalue weighted by Gasteiger charge is 2.25. The van der Waals surface area contributed by atoms with Crippen LogP contribution in [0.2, 0.25) is 0 Å². The first-order chi connectivity index (χ1) is 60.9. The zero-order chi connectivity index (χ0) is 80.7. The zero-order valence-electron chi connectivity index (χ0n) is 65.7. The van der Waals surface area contributed by atoms with Gasteiger partial charge in [0, 0.05) is 189 Å². The molecule has 26 rings (SSSR count). The van der Waals surface area contributed by atoms with Gasteiger partial charge in [-0.1, -0.05) is 279 Å². The van der Waals surface area contributed by atoms with E-state index in [1.165, 1.54) is 134 Å². The van der Waals surface area contributed by atoms with Gasteiger partial charge in [0.1, 0.15) is 0 Å². The van der Waals surface area contributed by atoms with Crippen molar-refractivity contribution in [1.29, 1.82) is 0 Å².